The Hall–Kier alpha value is -2.08. The van der Waals surface area contributed by atoms with Gasteiger partial charge in [-0.15, -0.1) is 0 Å². The summed E-state index contributed by atoms with van der Waals surface area (Å²) in [4.78, 5) is 24.4. The van der Waals surface area contributed by atoms with E-state index in [1.807, 2.05) is 0 Å². The molecule has 1 heterocycles. The van der Waals surface area contributed by atoms with E-state index in [1.165, 1.54) is 4.90 Å². The number of hydrogen-bond acceptors (Lipinski definition) is 4. The number of amides is 1. The number of likely N-dealkylation sites (N-methyl/N-ethyl adjacent to an activating group) is 1. The van der Waals surface area contributed by atoms with Crippen molar-refractivity contribution in [3.05, 3.63) is 23.8 Å². The number of rotatable bonds is 3. The molecular formula is C13H16N2O4. The van der Waals surface area contributed by atoms with Gasteiger partial charge in [-0.2, -0.15) is 0 Å². The van der Waals surface area contributed by atoms with Gasteiger partial charge in [0.05, 0.1) is 18.7 Å². The molecule has 0 fully saturated rings. The number of aliphatic carboxylic acids is 1. The van der Waals surface area contributed by atoms with Crippen molar-refractivity contribution in [1.82, 2.24) is 5.32 Å². The molecule has 1 aromatic rings. The average Bonchev–Trinajstić information content (AvgIpc) is 2.51. The maximum absolute atomic E-state index is 11.8. The van der Waals surface area contributed by atoms with Crippen molar-refractivity contribution >= 4 is 17.6 Å². The summed E-state index contributed by atoms with van der Waals surface area (Å²) in [6.07, 6.45) is 0.314. The van der Waals surface area contributed by atoms with E-state index in [0.717, 1.165) is 0 Å². The van der Waals surface area contributed by atoms with Gasteiger partial charge in [0, 0.05) is 7.05 Å². The average molecular weight is 264 g/mol. The van der Waals surface area contributed by atoms with E-state index in [2.05, 4.69) is 5.32 Å². The minimum atomic E-state index is -0.967. The van der Waals surface area contributed by atoms with Crippen LogP contribution in [0.25, 0.3) is 0 Å². The lowest BCUT2D eigenvalue weighted by Crippen LogP contribution is -2.27. The summed E-state index contributed by atoms with van der Waals surface area (Å²) in [6, 6.07) is 4.26. The third-order valence-corrected chi connectivity index (χ3v) is 3.16. The van der Waals surface area contributed by atoms with E-state index >= 15 is 0 Å². The topological polar surface area (TPSA) is 78.9 Å². The first kappa shape index (κ1) is 13.4. The maximum atomic E-state index is 11.8. The Balaban J connectivity index is 2.44. The number of anilines is 1. The Morgan fingerprint density at radius 2 is 2.26 bits per heavy atom. The molecule has 19 heavy (non-hydrogen) atoms. The van der Waals surface area contributed by atoms with Crippen LogP contribution in [0.15, 0.2) is 18.2 Å². The number of nitrogens with one attached hydrogen (secondary N) is 1. The fraction of sp³-hybridized carbons (Fsp3) is 0.385. The Labute approximate surface area is 111 Å². The lowest BCUT2D eigenvalue weighted by molar-refractivity contribution is -0.139. The van der Waals surface area contributed by atoms with Gasteiger partial charge in [-0.25, -0.2) is 0 Å². The molecule has 2 N–H and O–H groups in total. The van der Waals surface area contributed by atoms with Crippen molar-refractivity contribution in [1.29, 1.82) is 0 Å². The molecular weight excluding hydrogens is 248 g/mol. The van der Waals surface area contributed by atoms with Crippen LogP contribution in [0.5, 0.6) is 5.75 Å². The molecule has 1 aliphatic heterocycles. The van der Waals surface area contributed by atoms with Gasteiger partial charge in [0.15, 0.2) is 0 Å². The Bertz CT molecular complexity index is 515. The van der Waals surface area contributed by atoms with Crippen LogP contribution in [0.3, 0.4) is 0 Å². The minimum absolute atomic E-state index is 0.0489. The van der Waals surface area contributed by atoms with Gasteiger partial charge < -0.3 is 20.1 Å². The van der Waals surface area contributed by atoms with Gasteiger partial charge in [0.2, 0.25) is 5.91 Å². The molecule has 0 aliphatic carbocycles. The van der Waals surface area contributed by atoms with Crippen LogP contribution in [0.2, 0.25) is 0 Å². The van der Waals surface area contributed by atoms with Crippen molar-refractivity contribution in [2.75, 3.05) is 25.6 Å². The monoisotopic (exact) mass is 264 g/mol. The summed E-state index contributed by atoms with van der Waals surface area (Å²) in [5.41, 5.74) is 1.18. The molecule has 0 radical (unpaired) electrons. The number of ether oxygens (including phenoxy) is 1. The first-order valence-electron chi connectivity index (χ1n) is 5.98. The second-order valence-electron chi connectivity index (χ2n) is 4.34. The van der Waals surface area contributed by atoms with Crippen LogP contribution in [0.4, 0.5) is 5.69 Å². The molecule has 0 aromatic heterocycles. The van der Waals surface area contributed by atoms with Gasteiger partial charge >= 0.3 is 5.97 Å². The van der Waals surface area contributed by atoms with Gasteiger partial charge in [0.1, 0.15) is 11.8 Å². The van der Waals surface area contributed by atoms with E-state index in [9.17, 15) is 9.59 Å². The first-order valence-corrected chi connectivity index (χ1v) is 5.98. The summed E-state index contributed by atoms with van der Waals surface area (Å²) in [7, 11) is 3.24. The van der Waals surface area contributed by atoms with E-state index < -0.39 is 12.0 Å². The van der Waals surface area contributed by atoms with Gasteiger partial charge in [-0.3, -0.25) is 9.59 Å². The third kappa shape index (κ3) is 2.53. The lowest BCUT2D eigenvalue weighted by atomic mass is 10.1. The van der Waals surface area contributed by atoms with Gasteiger partial charge in [-0.1, -0.05) is 6.07 Å². The molecule has 6 heteroatoms. The number of nitrogens with zero attached hydrogens (tertiary/aromatic N) is 1. The SMILES string of the molecule is CNC(C(=O)O)c1ccc2c(c1)N(C)C(=O)CCO2. The number of carboxylic acid groups (broad SMARTS) is 1. The molecule has 6 nitrogen and oxygen atoms in total. The molecule has 1 atom stereocenters. The normalized spacial score (nSPS) is 16.3. The fourth-order valence-corrected chi connectivity index (χ4v) is 2.08. The van der Waals surface area contributed by atoms with Crippen LogP contribution in [0.1, 0.15) is 18.0 Å². The highest BCUT2D eigenvalue weighted by Crippen LogP contribution is 2.33. The van der Waals surface area contributed by atoms with Crippen molar-refractivity contribution in [2.24, 2.45) is 0 Å². The largest absolute Gasteiger partial charge is 0.491 e. The quantitative estimate of drug-likeness (QED) is 0.843. The Morgan fingerprint density at radius 1 is 1.53 bits per heavy atom. The smallest absolute Gasteiger partial charge is 0.325 e. The molecule has 0 saturated heterocycles. The number of carbonyl (C=O) groups excluding carboxylic acids is 1. The molecule has 1 aliphatic rings. The minimum Gasteiger partial charge on any atom is -0.491 e. The summed E-state index contributed by atoms with van der Waals surface area (Å²) < 4.78 is 5.49. The highest BCUT2D eigenvalue weighted by Gasteiger charge is 2.23. The summed E-state index contributed by atoms with van der Waals surface area (Å²) in [6.45, 7) is 0.337. The maximum Gasteiger partial charge on any atom is 0.325 e. The molecule has 1 unspecified atom stereocenters. The van der Waals surface area contributed by atoms with Gasteiger partial charge in [0.25, 0.3) is 0 Å². The zero-order valence-corrected chi connectivity index (χ0v) is 10.8. The van der Waals surface area contributed by atoms with E-state index in [4.69, 9.17) is 9.84 Å². The van der Waals surface area contributed by atoms with Crippen molar-refractivity contribution in [3.8, 4) is 5.75 Å². The number of hydrogen-bond donors (Lipinski definition) is 2. The molecule has 2 rings (SSSR count). The standard InChI is InChI=1S/C13H16N2O4/c1-14-12(13(17)18)8-3-4-10-9(7-8)15(2)11(16)5-6-19-10/h3-4,7,12,14H,5-6H2,1-2H3,(H,17,18). The van der Waals surface area contributed by atoms with E-state index in [-0.39, 0.29) is 5.91 Å². The van der Waals surface area contributed by atoms with Crippen molar-refractivity contribution in [3.63, 3.8) is 0 Å². The molecule has 102 valence electrons. The van der Waals surface area contributed by atoms with Crippen molar-refractivity contribution in [2.45, 2.75) is 12.5 Å². The molecule has 0 saturated carbocycles. The highest BCUT2D eigenvalue weighted by molar-refractivity contribution is 5.95. The van der Waals surface area contributed by atoms with Crippen LogP contribution in [-0.4, -0.2) is 37.7 Å². The van der Waals surface area contributed by atoms with Crippen LogP contribution in [-0.2, 0) is 9.59 Å². The molecule has 0 bridgehead atoms. The van der Waals surface area contributed by atoms with E-state index in [1.54, 1.807) is 32.3 Å². The van der Waals surface area contributed by atoms with Crippen LogP contribution in [0, 0.1) is 0 Å². The Kier molecular flexibility index (Phi) is 3.71. The number of benzene rings is 1. The van der Waals surface area contributed by atoms with E-state index in [0.29, 0.717) is 30.0 Å². The predicted octanol–water partition coefficient (Wildman–Crippen LogP) is 0.777. The third-order valence-electron chi connectivity index (χ3n) is 3.16. The summed E-state index contributed by atoms with van der Waals surface area (Å²) in [5, 5.41) is 11.9. The summed E-state index contributed by atoms with van der Waals surface area (Å²) in [5.74, 6) is -0.421. The predicted molar refractivity (Wildman–Crippen MR) is 69.4 cm³/mol. The number of carbonyl (C=O) groups is 2. The molecule has 1 amide bonds. The first-order chi connectivity index (χ1) is 9.04. The highest BCUT2D eigenvalue weighted by atomic mass is 16.5. The zero-order chi connectivity index (χ0) is 14.0. The lowest BCUT2D eigenvalue weighted by Gasteiger charge is -2.19. The molecule has 1 aromatic carbocycles. The summed E-state index contributed by atoms with van der Waals surface area (Å²) >= 11 is 0. The van der Waals surface area contributed by atoms with Gasteiger partial charge in [-0.05, 0) is 24.7 Å². The second-order valence-corrected chi connectivity index (χ2v) is 4.34. The van der Waals surface area contributed by atoms with Crippen LogP contribution >= 0.6 is 0 Å². The number of carboxylic acids is 1. The fourth-order valence-electron chi connectivity index (χ4n) is 2.08. The van der Waals surface area contributed by atoms with Crippen molar-refractivity contribution < 1.29 is 19.4 Å². The second kappa shape index (κ2) is 5.27. The van der Waals surface area contributed by atoms with Crippen LogP contribution < -0.4 is 15.0 Å². The zero-order valence-electron chi connectivity index (χ0n) is 10.8. The Morgan fingerprint density at radius 3 is 2.89 bits per heavy atom. The number of fused-ring (bicyclic) bond motifs is 1. The molecule has 0 spiro atoms.